The van der Waals surface area contributed by atoms with Crippen LogP contribution in [0.15, 0.2) is 60.8 Å². The third-order valence-corrected chi connectivity index (χ3v) is 10.0. The van der Waals surface area contributed by atoms with Gasteiger partial charge < -0.3 is 34.9 Å². The highest BCUT2D eigenvalue weighted by molar-refractivity contribution is 7.85. The van der Waals surface area contributed by atoms with Crippen molar-refractivity contribution in [2.75, 3.05) is 63.3 Å². The zero-order chi connectivity index (χ0) is 37.9. The number of hydrogen-bond acceptors (Lipinski definition) is 10. The number of anilines is 1. The maximum atomic E-state index is 12.4. The lowest BCUT2D eigenvalue weighted by Gasteiger charge is -2.27. The fourth-order valence-corrected chi connectivity index (χ4v) is 7.18. The van der Waals surface area contributed by atoms with Crippen LogP contribution >= 0.6 is 11.3 Å². The van der Waals surface area contributed by atoms with Crippen molar-refractivity contribution < 1.29 is 41.4 Å². The summed E-state index contributed by atoms with van der Waals surface area (Å²) < 4.78 is 47.7. The minimum absolute atomic E-state index is 0.0803. The molecule has 3 amide bonds. The van der Waals surface area contributed by atoms with Crippen molar-refractivity contribution in [3.05, 3.63) is 71.4 Å². The van der Waals surface area contributed by atoms with Crippen molar-refractivity contribution in [2.45, 2.75) is 45.1 Å². The molecule has 3 aromatic rings. The molecule has 0 saturated carbocycles. The molecule has 0 atom stereocenters. The molecule has 0 bridgehead atoms. The number of benzene rings is 2. The van der Waals surface area contributed by atoms with Gasteiger partial charge in [-0.1, -0.05) is 41.7 Å². The number of fused-ring (bicyclic) bond motifs is 2. The van der Waals surface area contributed by atoms with Crippen molar-refractivity contribution in [3.63, 3.8) is 0 Å². The highest BCUT2D eigenvalue weighted by atomic mass is 32.2. The van der Waals surface area contributed by atoms with E-state index in [1.165, 1.54) is 0 Å². The molecule has 1 aromatic heterocycles. The van der Waals surface area contributed by atoms with Gasteiger partial charge in [-0.05, 0) is 30.2 Å². The number of allylic oxidation sites excluding steroid dienone is 2. The molecule has 2 aromatic carbocycles. The van der Waals surface area contributed by atoms with Crippen LogP contribution in [0, 0.1) is 12.3 Å². The predicted molar refractivity (Wildman–Crippen MR) is 205 cm³/mol. The molecule has 0 radical (unpaired) electrons. The number of hydrogen-bond donors (Lipinski definition) is 3. The number of ether oxygens (including phenoxy) is 2. The van der Waals surface area contributed by atoms with E-state index in [4.69, 9.17) is 15.9 Å². The largest absolute Gasteiger partial charge is 0.748 e. The first-order chi connectivity index (χ1) is 25.6. The monoisotopic (exact) mass is 765 g/mol. The molecule has 284 valence electrons. The van der Waals surface area contributed by atoms with E-state index in [1.54, 1.807) is 11.3 Å². The Morgan fingerprint density at radius 3 is 2.21 bits per heavy atom. The molecule has 4 rings (SSSR count). The van der Waals surface area contributed by atoms with Gasteiger partial charge in [0.15, 0.2) is 6.54 Å². The zero-order valence-electron chi connectivity index (χ0n) is 29.7. The Kier molecular flexibility index (Phi) is 16.9. The van der Waals surface area contributed by atoms with E-state index in [9.17, 15) is 27.4 Å². The summed E-state index contributed by atoms with van der Waals surface area (Å²) in [6.45, 7) is 3.68. The quantitative estimate of drug-likeness (QED) is 0.0569. The second kappa shape index (κ2) is 21.8. The third-order valence-electron chi connectivity index (χ3n) is 8.13. The van der Waals surface area contributed by atoms with Crippen LogP contribution in [0.4, 0.5) is 5.69 Å². The lowest BCUT2D eigenvalue weighted by Crippen LogP contribution is -2.36. The first-order valence-electron chi connectivity index (χ1n) is 17.6. The van der Waals surface area contributed by atoms with Crippen LogP contribution in [0.3, 0.4) is 0 Å². The molecule has 2 heterocycles. The molecule has 0 unspecified atom stereocenters. The fourth-order valence-electron chi connectivity index (χ4n) is 5.56. The van der Waals surface area contributed by atoms with Gasteiger partial charge in [-0.15, -0.1) is 12.3 Å². The number of aryl methyl sites for hydroxylation is 1. The van der Waals surface area contributed by atoms with E-state index in [2.05, 4.69) is 49.5 Å². The van der Waals surface area contributed by atoms with Gasteiger partial charge in [-0.25, -0.2) is 8.42 Å². The molecule has 0 fully saturated rings. The van der Waals surface area contributed by atoms with Crippen LogP contribution in [0.1, 0.15) is 49.1 Å². The van der Waals surface area contributed by atoms with E-state index in [0.717, 1.165) is 32.0 Å². The minimum atomic E-state index is -4.30. The Morgan fingerprint density at radius 1 is 0.868 bits per heavy atom. The minimum Gasteiger partial charge on any atom is -0.748 e. The van der Waals surface area contributed by atoms with Crippen molar-refractivity contribution in [1.82, 2.24) is 16.0 Å². The van der Waals surface area contributed by atoms with E-state index in [-0.39, 0.29) is 37.0 Å². The lowest BCUT2D eigenvalue weighted by atomic mass is 9.99. The first-order valence-corrected chi connectivity index (χ1v) is 20.0. The van der Waals surface area contributed by atoms with Crippen LogP contribution in [0.2, 0.25) is 0 Å². The number of nitrogens with zero attached hydrogens (tertiary/aromatic N) is 2. The van der Waals surface area contributed by atoms with Gasteiger partial charge in [0.2, 0.25) is 23.2 Å². The molecule has 0 saturated heterocycles. The van der Waals surface area contributed by atoms with Gasteiger partial charge in [0.1, 0.15) is 4.70 Å². The molecule has 1 aliphatic rings. The molecular formula is C38H47N5O8S2. The molecular weight excluding hydrogens is 719 g/mol. The average molecular weight is 766 g/mol. The van der Waals surface area contributed by atoms with E-state index in [1.807, 2.05) is 48.7 Å². The molecule has 0 spiro atoms. The van der Waals surface area contributed by atoms with Crippen LogP contribution < -0.4 is 25.4 Å². The molecule has 3 N–H and O–H groups in total. The number of nitrogens with one attached hydrogen (secondary N) is 3. The Balaban J connectivity index is 1.14. The zero-order valence-corrected chi connectivity index (χ0v) is 31.4. The number of thiazole rings is 1. The summed E-state index contributed by atoms with van der Waals surface area (Å²) in [5, 5.41) is 9.31. The number of amides is 3. The molecule has 1 aliphatic heterocycles. The topological polar surface area (TPSA) is 170 Å². The Labute approximate surface area is 315 Å². The van der Waals surface area contributed by atoms with E-state index >= 15 is 0 Å². The van der Waals surface area contributed by atoms with Crippen molar-refractivity contribution in [2.24, 2.45) is 0 Å². The number of terminal acetylenes is 1. The van der Waals surface area contributed by atoms with E-state index in [0.29, 0.717) is 78.4 Å². The smallest absolute Gasteiger partial charge is 0.263 e. The van der Waals surface area contributed by atoms with Gasteiger partial charge in [0, 0.05) is 93.6 Å². The number of rotatable bonds is 23. The first kappa shape index (κ1) is 41.2. The summed E-state index contributed by atoms with van der Waals surface area (Å²) in [5.74, 6) is 1.49. The summed E-state index contributed by atoms with van der Waals surface area (Å²) in [7, 11) is -4.30. The average Bonchev–Trinajstić information content (AvgIpc) is 3.49. The van der Waals surface area contributed by atoms with Crippen molar-refractivity contribution in [3.8, 4) is 12.3 Å². The van der Waals surface area contributed by atoms with Crippen LogP contribution in [-0.2, 0) is 40.5 Å². The summed E-state index contributed by atoms with van der Waals surface area (Å²) >= 11 is 1.61. The number of carbonyl (C=O) groups is 3. The second-order valence-electron chi connectivity index (χ2n) is 12.1. The Hall–Kier alpha value is -4.59. The standard InChI is InChI=1S/C38H47N5O8S2/c1-2-3-14-35(44)40-19-24-50-26-27-51-25-20-41-37(46)16-15-36(45)39-18-8-21-42-23-17-30(31-10-4-5-11-32(31)42)29-38-43(22-9-28-53(47,48)49)33-12-6-7-13-34(33)52-38/h1,4-7,10-13,17,23,29H,3,8-9,14-16,18-22,24-28H2,(H3-,39,40,41,44,45,46,47,48,49). The molecule has 53 heavy (non-hydrogen) atoms. The van der Waals surface area contributed by atoms with Crippen LogP contribution in [0.5, 0.6) is 0 Å². The molecule has 13 nitrogen and oxygen atoms in total. The fraction of sp³-hybridized carbons (Fsp3) is 0.421. The van der Waals surface area contributed by atoms with Crippen LogP contribution in [0.25, 0.3) is 21.9 Å². The highest BCUT2D eigenvalue weighted by Gasteiger charge is 2.22. The molecule has 0 aliphatic carbocycles. The van der Waals surface area contributed by atoms with Gasteiger partial charge in [0.25, 0.3) is 5.01 Å². The number of aromatic nitrogens is 1. The van der Waals surface area contributed by atoms with Gasteiger partial charge in [0.05, 0.1) is 36.5 Å². The Bertz CT molecular complexity index is 1900. The van der Waals surface area contributed by atoms with Gasteiger partial charge >= 0.3 is 0 Å². The summed E-state index contributed by atoms with van der Waals surface area (Å²) in [5.41, 5.74) is 4.07. The number of carbonyl (C=O) groups excluding carboxylic acids is 3. The van der Waals surface area contributed by atoms with E-state index < -0.39 is 15.9 Å². The van der Waals surface area contributed by atoms with Gasteiger partial charge in [-0.2, -0.15) is 4.57 Å². The Morgan fingerprint density at radius 2 is 1.51 bits per heavy atom. The van der Waals surface area contributed by atoms with Crippen molar-refractivity contribution in [1.29, 1.82) is 0 Å². The maximum absolute atomic E-state index is 12.4. The predicted octanol–water partition coefficient (Wildman–Crippen LogP) is 2.96. The third kappa shape index (κ3) is 14.4. The summed E-state index contributed by atoms with van der Waals surface area (Å²) in [4.78, 5) is 38.1. The van der Waals surface area contributed by atoms with Crippen LogP contribution in [-0.4, -0.2) is 89.1 Å². The normalized spacial score (nSPS) is 13.1. The summed E-state index contributed by atoms with van der Waals surface area (Å²) in [6, 6.07) is 16.0. The SMILES string of the molecule is C#CCCC(=O)NCCOCCOCCNC(=O)CCC(=O)NCCCN1C=C/C(=C/c2sc3ccccc3[n+]2CCCS(=O)(=O)[O-])c2ccccc21. The maximum Gasteiger partial charge on any atom is 0.263 e. The van der Waals surface area contributed by atoms with Gasteiger partial charge in [-0.3, -0.25) is 14.4 Å². The lowest BCUT2D eigenvalue weighted by molar-refractivity contribution is -0.668. The molecule has 15 heteroatoms. The highest BCUT2D eigenvalue weighted by Crippen LogP contribution is 2.35. The van der Waals surface area contributed by atoms with Crippen molar-refractivity contribution >= 4 is 66.7 Å². The second-order valence-corrected chi connectivity index (χ2v) is 14.7. The number of para-hydroxylation sites is 2. The summed E-state index contributed by atoms with van der Waals surface area (Å²) in [6.07, 6.45) is 13.1.